The van der Waals surface area contributed by atoms with Crippen LogP contribution in [0.2, 0.25) is 0 Å². The molecule has 0 aliphatic rings. The molecular weight excluding hydrogens is 492 g/mol. The zero-order chi connectivity index (χ0) is 27.8. The average molecular weight is 555 g/mol. The van der Waals surface area contributed by atoms with Crippen molar-refractivity contribution in [2.45, 2.75) is 187 Å². The van der Waals surface area contributed by atoms with E-state index in [0.717, 1.165) is 32.1 Å². The number of esters is 1. The Morgan fingerprint density at radius 3 is 1.32 bits per heavy atom. The number of ether oxygens (including phenoxy) is 1. The number of rotatable bonds is 31. The predicted octanol–water partition coefficient (Wildman–Crippen LogP) is 11.8. The molecule has 0 aromatic heterocycles. The van der Waals surface area contributed by atoms with Gasteiger partial charge in [0.15, 0.2) is 0 Å². The van der Waals surface area contributed by atoms with E-state index in [4.69, 9.17) is 16.3 Å². The molecule has 0 radical (unpaired) electrons. The van der Waals surface area contributed by atoms with Crippen LogP contribution in [-0.2, 0) is 14.3 Å². The topological polar surface area (TPSA) is 43.4 Å². The SMILES string of the molecule is CCCCCCCCC=CCCCCCCCC(=O)OCCCCCCCCCCCCCCCC(=O)Cl. The van der Waals surface area contributed by atoms with Crippen molar-refractivity contribution < 1.29 is 14.3 Å². The highest BCUT2D eigenvalue weighted by molar-refractivity contribution is 6.63. The maximum absolute atomic E-state index is 11.9. The monoisotopic (exact) mass is 554 g/mol. The second kappa shape index (κ2) is 32.4. The van der Waals surface area contributed by atoms with Gasteiger partial charge in [-0.15, -0.1) is 0 Å². The highest BCUT2D eigenvalue weighted by Crippen LogP contribution is 2.14. The van der Waals surface area contributed by atoms with Crippen LogP contribution in [-0.4, -0.2) is 17.8 Å². The lowest BCUT2D eigenvalue weighted by atomic mass is 10.0. The first-order valence-corrected chi connectivity index (χ1v) is 17.0. The van der Waals surface area contributed by atoms with E-state index in [0.29, 0.717) is 19.4 Å². The zero-order valence-electron chi connectivity index (χ0n) is 25.3. The lowest BCUT2D eigenvalue weighted by Gasteiger charge is -2.05. The fourth-order valence-corrected chi connectivity index (χ4v) is 5.04. The van der Waals surface area contributed by atoms with Crippen LogP contribution >= 0.6 is 11.6 Å². The first-order valence-electron chi connectivity index (χ1n) is 16.7. The molecule has 0 aromatic rings. The number of hydrogen-bond acceptors (Lipinski definition) is 3. The first-order chi connectivity index (χ1) is 18.7. The lowest BCUT2D eigenvalue weighted by Crippen LogP contribution is -2.05. The van der Waals surface area contributed by atoms with Crippen LogP contribution in [0.5, 0.6) is 0 Å². The van der Waals surface area contributed by atoms with E-state index < -0.39 is 0 Å². The summed E-state index contributed by atoms with van der Waals surface area (Å²) in [5, 5.41) is -0.199. The molecule has 0 aromatic carbocycles. The zero-order valence-corrected chi connectivity index (χ0v) is 26.0. The summed E-state index contributed by atoms with van der Waals surface area (Å²) in [5.74, 6) is -0.00448. The van der Waals surface area contributed by atoms with Crippen molar-refractivity contribution in [1.82, 2.24) is 0 Å². The minimum absolute atomic E-state index is 0.00448. The largest absolute Gasteiger partial charge is 0.466 e. The molecule has 0 fully saturated rings. The Kier molecular flexibility index (Phi) is 31.7. The maximum atomic E-state index is 11.9. The van der Waals surface area contributed by atoms with Gasteiger partial charge in [0, 0.05) is 12.8 Å². The highest BCUT2D eigenvalue weighted by atomic mass is 35.5. The summed E-state index contributed by atoms with van der Waals surface area (Å²) in [4.78, 5) is 22.6. The van der Waals surface area contributed by atoms with Gasteiger partial charge in [0.1, 0.15) is 0 Å². The van der Waals surface area contributed by atoms with Gasteiger partial charge < -0.3 is 4.74 Å². The van der Waals surface area contributed by atoms with Crippen LogP contribution in [0, 0.1) is 0 Å². The van der Waals surface area contributed by atoms with Crippen molar-refractivity contribution in [2.75, 3.05) is 6.61 Å². The second-order valence-corrected chi connectivity index (χ2v) is 11.7. The Balaban J connectivity index is 3.20. The molecule has 0 N–H and O–H groups in total. The van der Waals surface area contributed by atoms with E-state index in [9.17, 15) is 9.59 Å². The summed E-state index contributed by atoms with van der Waals surface area (Å²) >= 11 is 5.35. The van der Waals surface area contributed by atoms with Gasteiger partial charge in [0.2, 0.25) is 5.24 Å². The summed E-state index contributed by atoms with van der Waals surface area (Å²) in [6, 6.07) is 0. The fourth-order valence-electron chi connectivity index (χ4n) is 4.91. The van der Waals surface area contributed by atoms with Gasteiger partial charge in [-0.3, -0.25) is 9.59 Å². The van der Waals surface area contributed by atoms with Gasteiger partial charge in [-0.05, 0) is 56.5 Å². The minimum Gasteiger partial charge on any atom is -0.466 e. The molecule has 0 amide bonds. The van der Waals surface area contributed by atoms with E-state index in [1.54, 1.807) is 0 Å². The quantitative estimate of drug-likeness (QED) is 0.0370. The highest BCUT2D eigenvalue weighted by Gasteiger charge is 2.02. The summed E-state index contributed by atoms with van der Waals surface area (Å²) in [6.45, 7) is 2.87. The Morgan fingerprint density at radius 2 is 0.868 bits per heavy atom. The molecule has 0 aliphatic heterocycles. The summed E-state index contributed by atoms with van der Waals surface area (Å²) in [6.07, 6.45) is 38.5. The molecule has 0 rings (SSSR count). The van der Waals surface area contributed by atoms with Gasteiger partial charge in [-0.25, -0.2) is 0 Å². The number of allylic oxidation sites excluding steroid dienone is 2. The van der Waals surface area contributed by atoms with Crippen LogP contribution < -0.4 is 0 Å². The molecule has 0 saturated heterocycles. The third kappa shape index (κ3) is 33.2. The second-order valence-electron chi connectivity index (χ2n) is 11.3. The number of unbranched alkanes of at least 4 members (excludes halogenated alkanes) is 23. The van der Waals surface area contributed by atoms with E-state index in [2.05, 4.69) is 19.1 Å². The molecule has 0 aliphatic carbocycles. The number of carbonyl (C=O) groups excluding carboxylic acids is 2. The fraction of sp³-hybridized carbons (Fsp3) is 0.882. The molecule has 0 unspecified atom stereocenters. The summed E-state index contributed by atoms with van der Waals surface area (Å²) < 4.78 is 5.41. The minimum atomic E-state index is -0.199. The third-order valence-corrected chi connectivity index (χ3v) is 7.61. The Morgan fingerprint density at radius 1 is 0.500 bits per heavy atom. The molecule has 4 heteroatoms. The smallest absolute Gasteiger partial charge is 0.305 e. The van der Waals surface area contributed by atoms with Gasteiger partial charge in [-0.1, -0.05) is 141 Å². The number of hydrogen-bond donors (Lipinski definition) is 0. The van der Waals surface area contributed by atoms with Gasteiger partial charge in [0.05, 0.1) is 6.61 Å². The summed E-state index contributed by atoms with van der Waals surface area (Å²) in [7, 11) is 0. The van der Waals surface area contributed by atoms with Crippen LogP contribution in [0.25, 0.3) is 0 Å². The van der Waals surface area contributed by atoms with E-state index in [1.807, 2.05) is 0 Å². The molecule has 224 valence electrons. The Labute approximate surface area is 242 Å². The first kappa shape index (κ1) is 37.2. The van der Waals surface area contributed by atoms with Gasteiger partial charge >= 0.3 is 5.97 Å². The van der Waals surface area contributed by atoms with E-state index >= 15 is 0 Å². The maximum Gasteiger partial charge on any atom is 0.305 e. The number of carbonyl (C=O) groups is 2. The normalized spacial score (nSPS) is 11.4. The van der Waals surface area contributed by atoms with E-state index in [1.165, 1.54) is 135 Å². The van der Waals surface area contributed by atoms with Crippen molar-refractivity contribution in [2.24, 2.45) is 0 Å². The number of halogens is 1. The molecule has 38 heavy (non-hydrogen) atoms. The van der Waals surface area contributed by atoms with Crippen LogP contribution in [0.15, 0.2) is 12.2 Å². The third-order valence-electron chi connectivity index (χ3n) is 7.42. The van der Waals surface area contributed by atoms with Crippen LogP contribution in [0.3, 0.4) is 0 Å². The van der Waals surface area contributed by atoms with Crippen molar-refractivity contribution in [3.8, 4) is 0 Å². The Hall–Kier alpha value is -0.830. The summed E-state index contributed by atoms with van der Waals surface area (Å²) in [5.41, 5.74) is 0. The lowest BCUT2D eigenvalue weighted by molar-refractivity contribution is -0.143. The average Bonchev–Trinajstić information content (AvgIpc) is 2.90. The van der Waals surface area contributed by atoms with Crippen LogP contribution in [0.4, 0.5) is 0 Å². The van der Waals surface area contributed by atoms with Gasteiger partial charge in [0.25, 0.3) is 0 Å². The van der Waals surface area contributed by atoms with Crippen molar-refractivity contribution in [1.29, 1.82) is 0 Å². The molecule has 0 bridgehead atoms. The predicted molar refractivity (Wildman–Crippen MR) is 166 cm³/mol. The molecule has 3 nitrogen and oxygen atoms in total. The molecule has 0 saturated carbocycles. The van der Waals surface area contributed by atoms with Crippen molar-refractivity contribution >= 4 is 22.8 Å². The van der Waals surface area contributed by atoms with Crippen molar-refractivity contribution in [3.05, 3.63) is 12.2 Å². The van der Waals surface area contributed by atoms with Crippen LogP contribution in [0.1, 0.15) is 187 Å². The molecule has 0 heterocycles. The Bertz CT molecular complexity index is 532. The molecule has 0 spiro atoms. The van der Waals surface area contributed by atoms with Crippen molar-refractivity contribution in [3.63, 3.8) is 0 Å². The van der Waals surface area contributed by atoms with E-state index in [-0.39, 0.29) is 11.2 Å². The molecular formula is C34H63ClO3. The van der Waals surface area contributed by atoms with Gasteiger partial charge in [-0.2, -0.15) is 0 Å². The molecule has 0 atom stereocenters. The standard InChI is InChI=1S/C34H63ClO3/c1-2-3-4-5-6-7-8-9-10-13-16-19-22-25-28-31-34(37)38-32-29-26-23-20-17-14-11-12-15-18-21-24-27-30-33(35)36/h9-10H,2-8,11-32H2,1H3.